The number of carbonyl (C=O) groups excluding carboxylic acids is 1. The second kappa shape index (κ2) is 4.49. The lowest BCUT2D eigenvalue weighted by Gasteiger charge is -2.22. The average molecular weight is 209 g/mol. The smallest absolute Gasteiger partial charge is 0.158 e. The molecule has 1 aliphatic heterocycles. The number of carboxylic acid groups (broad SMARTS) is 1. The third-order valence-corrected chi connectivity index (χ3v) is 2.87. The molecule has 0 unspecified atom stereocenters. The Kier molecular flexibility index (Phi) is 3.06. The molecule has 0 bridgehead atoms. The van der Waals surface area contributed by atoms with Gasteiger partial charge in [0.2, 0.25) is 0 Å². The molecule has 2 heterocycles. The monoisotopic (exact) mass is 209 g/mol. The summed E-state index contributed by atoms with van der Waals surface area (Å²) in [5.41, 5.74) is 0.140. The highest BCUT2D eigenvalue weighted by molar-refractivity contribution is 5.85. The Morgan fingerprint density at radius 2 is 2.13 bits per heavy atom. The lowest BCUT2D eigenvalue weighted by atomic mass is 10.1. The van der Waals surface area contributed by atoms with Crippen molar-refractivity contribution in [3.8, 4) is 0 Å². The van der Waals surface area contributed by atoms with Gasteiger partial charge in [-0.1, -0.05) is 0 Å². The van der Waals surface area contributed by atoms with Gasteiger partial charge in [-0.3, -0.25) is 0 Å². The molecule has 0 aromatic carbocycles. The van der Waals surface area contributed by atoms with Gasteiger partial charge >= 0.3 is 0 Å². The first-order chi connectivity index (χ1) is 7.25. The van der Waals surface area contributed by atoms with Gasteiger partial charge in [-0.15, -0.1) is 0 Å². The fourth-order valence-electron chi connectivity index (χ4n) is 2.06. The molecule has 1 aromatic rings. The number of hydrogen-bond donors (Lipinski definition) is 1. The fraction of sp³-hybridized carbons (Fsp3) is 0.545. The van der Waals surface area contributed by atoms with Crippen molar-refractivity contribution in [1.82, 2.24) is 0 Å². The molecule has 15 heavy (non-hydrogen) atoms. The number of piperidine rings is 1. The second-order valence-electron chi connectivity index (χ2n) is 4.08. The number of rotatable bonds is 3. The zero-order valence-electron chi connectivity index (χ0n) is 8.62. The quantitative estimate of drug-likeness (QED) is 0.710. The standard InChI is InChI=1S/C11H15NO3/c13-11(14)9-6-10(15-8-9)7-12-4-2-1-3-5-12/h6,8H,1-5,7H2,(H,13,14). The molecule has 0 atom stereocenters. The normalized spacial score (nSPS) is 17.9. The third-order valence-electron chi connectivity index (χ3n) is 2.87. The van der Waals surface area contributed by atoms with Gasteiger partial charge in [0, 0.05) is 5.56 Å². The molecule has 1 N–H and O–H groups in total. The van der Waals surface area contributed by atoms with Gasteiger partial charge in [-0.05, 0) is 25.3 Å². The molecule has 1 aromatic heterocycles. The molecule has 4 nitrogen and oxygen atoms in total. The van der Waals surface area contributed by atoms with E-state index in [4.69, 9.17) is 4.42 Å². The van der Waals surface area contributed by atoms with Gasteiger partial charge in [0.05, 0.1) is 19.1 Å². The maximum Gasteiger partial charge on any atom is 0.158 e. The summed E-state index contributed by atoms with van der Waals surface area (Å²) in [5, 5.41) is 10.5. The number of likely N-dealkylation sites (tertiary alicyclic amines) is 1. The maximum absolute atomic E-state index is 10.5. The summed E-state index contributed by atoms with van der Waals surface area (Å²) in [7, 11) is 0. The van der Waals surface area contributed by atoms with E-state index in [1.54, 1.807) is 6.07 Å². The van der Waals surface area contributed by atoms with Crippen LogP contribution in [0, 0.1) is 0 Å². The molecular weight excluding hydrogens is 194 g/mol. The Bertz CT molecular complexity index is 339. The van der Waals surface area contributed by atoms with Crippen molar-refractivity contribution in [2.75, 3.05) is 13.1 Å². The first-order valence-corrected chi connectivity index (χ1v) is 5.38. The number of quaternary nitrogens is 1. The Morgan fingerprint density at radius 3 is 2.73 bits per heavy atom. The minimum absolute atomic E-state index is 0.140. The van der Waals surface area contributed by atoms with E-state index >= 15 is 0 Å². The van der Waals surface area contributed by atoms with Crippen molar-refractivity contribution >= 4 is 5.97 Å². The van der Waals surface area contributed by atoms with Crippen LogP contribution in [-0.2, 0) is 6.54 Å². The van der Waals surface area contributed by atoms with E-state index in [2.05, 4.69) is 0 Å². The van der Waals surface area contributed by atoms with Gasteiger partial charge in [0.1, 0.15) is 12.8 Å². The lowest BCUT2D eigenvalue weighted by Crippen LogP contribution is -3.11. The molecule has 1 aliphatic rings. The molecule has 0 radical (unpaired) electrons. The Hall–Kier alpha value is -1.29. The molecule has 82 valence electrons. The number of furan rings is 1. The first kappa shape index (κ1) is 10.2. The van der Waals surface area contributed by atoms with Crippen LogP contribution in [0.15, 0.2) is 16.7 Å². The zero-order valence-corrected chi connectivity index (χ0v) is 8.62. The third kappa shape index (κ3) is 2.59. The van der Waals surface area contributed by atoms with E-state index in [9.17, 15) is 9.90 Å². The summed E-state index contributed by atoms with van der Waals surface area (Å²) in [6, 6.07) is 1.57. The Labute approximate surface area is 88.5 Å². The first-order valence-electron chi connectivity index (χ1n) is 5.38. The summed E-state index contributed by atoms with van der Waals surface area (Å²) in [6.07, 6.45) is 5.08. The molecule has 0 aliphatic carbocycles. The Morgan fingerprint density at radius 1 is 1.40 bits per heavy atom. The van der Waals surface area contributed by atoms with Gasteiger partial charge in [-0.25, -0.2) is 0 Å². The van der Waals surface area contributed by atoms with Crippen molar-refractivity contribution in [2.45, 2.75) is 25.8 Å². The molecule has 0 saturated carbocycles. The lowest BCUT2D eigenvalue weighted by molar-refractivity contribution is -0.919. The summed E-state index contributed by atoms with van der Waals surface area (Å²) >= 11 is 0. The van der Waals surface area contributed by atoms with Gasteiger partial charge in [0.15, 0.2) is 5.76 Å². The number of nitrogens with one attached hydrogen (secondary N) is 1. The summed E-state index contributed by atoms with van der Waals surface area (Å²) < 4.78 is 5.19. The fourth-order valence-corrected chi connectivity index (χ4v) is 2.06. The van der Waals surface area contributed by atoms with E-state index in [1.165, 1.54) is 30.4 Å². The zero-order chi connectivity index (χ0) is 10.7. The van der Waals surface area contributed by atoms with E-state index in [-0.39, 0.29) is 5.56 Å². The highest BCUT2D eigenvalue weighted by Crippen LogP contribution is 2.06. The van der Waals surface area contributed by atoms with Crippen LogP contribution in [0.5, 0.6) is 0 Å². The van der Waals surface area contributed by atoms with Crippen molar-refractivity contribution < 1.29 is 19.2 Å². The van der Waals surface area contributed by atoms with Crippen LogP contribution in [0.3, 0.4) is 0 Å². The van der Waals surface area contributed by atoms with E-state index in [0.29, 0.717) is 0 Å². The van der Waals surface area contributed by atoms with E-state index in [1.807, 2.05) is 0 Å². The minimum atomic E-state index is -1.17. The summed E-state index contributed by atoms with van der Waals surface area (Å²) in [6.45, 7) is 3.09. The summed E-state index contributed by atoms with van der Waals surface area (Å²) in [5.74, 6) is -0.426. The molecule has 4 heteroatoms. The van der Waals surface area contributed by atoms with Crippen molar-refractivity contribution in [2.24, 2.45) is 0 Å². The van der Waals surface area contributed by atoms with Crippen LogP contribution in [0.1, 0.15) is 35.4 Å². The predicted octanol–water partition coefficient (Wildman–Crippen LogP) is -0.788. The van der Waals surface area contributed by atoms with Crippen LogP contribution in [-0.4, -0.2) is 19.1 Å². The largest absolute Gasteiger partial charge is 0.545 e. The SMILES string of the molecule is O=C([O-])c1coc(C[NH+]2CCCCC2)c1. The molecule has 0 amide bonds. The van der Waals surface area contributed by atoms with Crippen molar-refractivity contribution in [3.63, 3.8) is 0 Å². The molecule has 1 saturated heterocycles. The second-order valence-corrected chi connectivity index (χ2v) is 4.08. The van der Waals surface area contributed by atoms with Gasteiger partial charge in [0.25, 0.3) is 0 Å². The number of hydrogen-bond acceptors (Lipinski definition) is 3. The van der Waals surface area contributed by atoms with Crippen LogP contribution in [0.4, 0.5) is 0 Å². The highest BCUT2D eigenvalue weighted by Gasteiger charge is 2.15. The van der Waals surface area contributed by atoms with E-state index in [0.717, 1.165) is 25.4 Å². The minimum Gasteiger partial charge on any atom is -0.545 e. The van der Waals surface area contributed by atoms with Gasteiger partial charge < -0.3 is 19.2 Å². The average Bonchev–Trinajstić information content (AvgIpc) is 2.68. The molecule has 1 fully saturated rings. The molecule has 0 spiro atoms. The van der Waals surface area contributed by atoms with Gasteiger partial charge in [-0.2, -0.15) is 0 Å². The van der Waals surface area contributed by atoms with Crippen LogP contribution in [0.2, 0.25) is 0 Å². The topological polar surface area (TPSA) is 57.7 Å². The Balaban J connectivity index is 1.94. The van der Waals surface area contributed by atoms with Crippen molar-refractivity contribution in [3.05, 3.63) is 23.7 Å². The van der Waals surface area contributed by atoms with Crippen molar-refractivity contribution in [1.29, 1.82) is 0 Å². The van der Waals surface area contributed by atoms with Crippen LogP contribution < -0.4 is 10.0 Å². The number of carbonyl (C=O) groups is 1. The van der Waals surface area contributed by atoms with Crippen LogP contribution >= 0.6 is 0 Å². The number of aromatic carboxylic acids is 1. The number of carboxylic acids is 1. The predicted molar refractivity (Wildman–Crippen MR) is 51.3 cm³/mol. The maximum atomic E-state index is 10.5. The summed E-state index contributed by atoms with van der Waals surface area (Å²) in [4.78, 5) is 12.0. The molecule has 2 rings (SSSR count). The molecular formula is C11H15NO3. The van der Waals surface area contributed by atoms with Crippen LogP contribution in [0.25, 0.3) is 0 Å². The highest BCUT2D eigenvalue weighted by atomic mass is 16.4. The van der Waals surface area contributed by atoms with E-state index < -0.39 is 5.97 Å².